The fraction of sp³-hybridized carbons (Fsp3) is 0.400. The lowest BCUT2D eigenvalue weighted by Gasteiger charge is -2.05. The van der Waals surface area contributed by atoms with Crippen molar-refractivity contribution in [1.29, 1.82) is 0 Å². The van der Waals surface area contributed by atoms with Gasteiger partial charge in [0.2, 0.25) is 5.91 Å². The summed E-state index contributed by atoms with van der Waals surface area (Å²) in [6.45, 7) is 1.28. The number of carbonyl (C=O) groups excluding carboxylic acids is 1. The molecule has 7 nitrogen and oxygen atoms in total. The quantitative estimate of drug-likeness (QED) is 0.442. The van der Waals surface area contributed by atoms with Crippen LogP contribution in [0.15, 0.2) is 30.3 Å². The number of benzene rings is 1. The minimum Gasteiger partial charge on any atom is -0.473 e. The van der Waals surface area contributed by atoms with Crippen molar-refractivity contribution >= 4 is 17.8 Å². The molecule has 0 atom stereocenters. The molecule has 1 aliphatic carbocycles. The Hall–Kier alpha value is -2.41. The van der Waals surface area contributed by atoms with E-state index in [4.69, 9.17) is 19.8 Å². The molecule has 0 aliphatic heterocycles. The zero-order valence-electron chi connectivity index (χ0n) is 12.1. The summed E-state index contributed by atoms with van der Waals surface area (Å²) in [5.74, 6) is -3.53. The van der Waals surface area contributed by atoms with Gasteiger partial charge in [-0.05, 0) is 31.4 Å². The van der Waals surface area contributed by atoms with Gasteiger partial charge in [0.1, 0.15) is 0 Å². The number of carboxylic acid groups (broad SMARTS) is 2. The van der Waals surface area contributed by atoms with E-state index in [1.54, 1.807) is 0 Å². The first kappa shape index (κ1) is 17.6. The van der Waals surface area contributed by atoms with Gasteiger partial charge in [-0.1, -0.05) is 30.3 Å². The van der Waals surface area contributed by atoms with Gasteiger partial charge in [-0.3, -0.25) is 4.79 Å². The van der Waals surface area contributed by atoms with E-state index in [1.165, 1.54) is 5.56 Å². The molecule has 1 aliphatic rings. The number of carbonyl (C=O) groups is 3. The maximum absolute atomic E-state index is 11.3. The van der Waals surface area contributed by atoms with Crippen LogP contribution in [0.4, 0.5) is 0 Å². The van der Waals surface area contributed by atoms with Crippen molar-refractivity contribution in [2.24, 2.45) is 0 Å². The Morgan fingerprint density at radius 1 is 1.05 bits per heavy atom. The first-order valence-electron chi connectivity index (χ1n) is 6.99. The van der Waals surface area contributed by atoms with Crippen LogP contribution in [-0.2, 0) is 20.8 Å². The standard InChI is InChI=1S/C13H18N2O.C2H2O4/c16-13(15-12-6-7-12)10-14-9-8-11-4-2-1-3-5-11;3-1(4)2(5)6/h1-5,12,14H,6-10H2,(H,15,16);(H,3,4)(H,5,6). The highest BCUT2D eigenvalue weighted by Gasteiger charge is 2.22. The second-order valence-electron chi connectivity index (χ2n) is 4.86. The molecule has 1 fully saturated rings. The Labute approximate surface area is 128 Å². The third kappa shape index (κ3) is 8.70. The van der Waals surface area contributed by atoms with E-state index < -0.39 is 11.9 Å². The third-order valence-corrected chi connectivity index (χ3v) is 2.84. The molecule has 1 amide bonds. The monoisotopic (exact) mass is 308 g/mol. The van der Waals surface area contributed by atoms with Gasteiger partial charge < -0.3 is 20.8 Å². The lowest BCUT2D eigenvalue weighted by molar-refractivity contribution is -0.159. The molecule has 22 heavy (non-hydrogen) atoms. The number of hydrogen-bond acceptors (Lipinski definition) is 4. The summed E-state index contributed by atoms with van der Waals surface area (Å²) in [6, 6.07) is 10.8. The number of aliphatic carboxylic acids is 2. The summed E-state index contributed by atoms with van der Waals surface area (Å²) >= 11 is 0. The van der Waals surface area contributed by atoms with E-state index in [0.717, 1.165) is 25.8 Å². The van der Waals surface area contributed by atoms with E-state index in [0.29, 0.717) is 12.6 Å². The molecule has 4 N–H and O–H groups in total. The van der Waals surface area contributed by atoms with E-state index in [-0.39, 0.29) is 5.91 Å². The number of rotatable bonds is 6. The molecule has 0 saturated heterocycles. The molecule has 0 spiro atoms. The van der Waals surface area contributed by atoms with E-state index >= 15 is 0 Å². The molecule has 120 valence electrons. The van der Waals surface area contributed by atoms with Crippen molar-refractivity contribution in [3.05, 3.63) is 35.9 Å². The van der Waals surface area contributed by atoms with Crippen molar-refractivity contribution in [3.8, 4) is 0 Å². The first-order chi connectivity index (χ1) is 10.5. The smallest absolute Gasteiger partial charge is 0.414 e. The van der Waals surface area contributed by atoms with Crippen molar-refractivity contribution in [2.45, 2.75) is 25.3 Å². The van der Waals surface area contributed by atoms with Gasteiger partial charge in [-0.25, -0.2) is 9.59 Å². The van der Waals surface area contributed by atoms with Crippen LogP contribution < -0.4 is 10.6 Å². The molecular weight excluding hydrogens is 288 g/mol. The summed E-state index contributed by atoms with van der Waals surface area (Å²) in [5.41, 5.74) is 1.30. The van der Waals surface area contributed by atoms with Crippen molar-refractivity contribution in [2.75, 3.05) is 13.1 Å². The zero-order valence-corrected chi connectivity index (χ0v) is 12.1. The zero-order chi connectivity index (χ0) is 16.4. The molecule has 7 heteroatoms. The highest BCUT2D eigenvalue weighted by Crippen LogP contribution is 2.18. The van der Waals surface area contributed by atoms with Crippen LogP contribution in [0.5, 0.6) is 0 Å². The molecule has 1 saturated carbocycles. The number of carboxylic acids is 2. The van der Waals surface area contributed by atoms with Gasteiger partial charge in [0.25, 0.3) is 0 Å². The minimum absolute atomic E-state index is 0.121. The van der Waals surface area contributed by atoms with Gasteiger partial charge >= 0.3 is 11.9 Å². The fourth-order valence-corrected chi connectivity index (χ4v) is 1.59. The van der Waals surface area contributed by atoms with Gasteiger partial charge in [-0.15, -0.1) is 0 Å². The summed E-state index contributed by atoms with van der Waals surface area (Å²) in [4.78, 5) is 29.5. The summed E-state index contributed by atoms with van der Waals surface area (Å²) in [7, 11) is 0. The molecule has 0 unspecified atom stereocenters. The van der Waals surface area contributed by atoms with Crippen LogP contribution in [0, 0.1) is 0 Å². The Morgan fingerprint density at radius 3 is 2.14 bits per heavy atom. The summed E-state index contributed by atoms with van der Waals surface area (Å²) in [6.07, 6.45) is 3.27. The Balaban J connectivity index is 0.000000346. The number of nitrogens with one attached hydrogen (secondary N) is 2. The number of amides is 1. The summed E-state index contributed by atoms with van der Waals surface area (Å²) < 4.78 is 0. The maximum Gasteiger partial charge on any atom is 0.414 e. The third-order valence-electron chi connectivity index (χ3n) is 2.84. The van der Waals surface area contributed by atoms with Gasteiger partial charge in [0, 0.05) is 6.04 Å². The Morgan fingerprint density at radius 2 is 1.64 bits per heavy atom. The molecule has 0 radical (unpaired) electrons. The van der Waals surface area contributed by atoms with Crippen molar-refractivity contribution in [1.82, 2.24) is 10.6 Å². The normalized spacial score (nSPS) is 12.7. The average Bonchev–Trinajstić information content (AvgIpc) is 3.29. The van der Waals surface area contributed by atoms with Gasteiger partial charge in [-0.2, -0.15) is 0 Å². The SMILES string of the molecule is O=C(CNCCc1ccccc1)NC1CC1.O=C(O)C(=O)O. The lowest BCUT2D eigenvalue weighted by atomic mass is 10.1. The highest BCUT2D eigenvalue weighted by molar-refractivity contribution is 6.27. The molecular formula is C15H20N2O5. The predicted octanol–water partition coefficient (Wildman–Crippen LogP) is 0.253. The van der Waals surface area contributed by atoms with E-state index in [2.05, 4.69) is 22.8 Å². The van der Waals surface area contributed by atoms with Crippen molar-refractivity contribution < 1.29 is 24.6 Å². The molecule has 1 aromatic rings. The largest absolute Gasteiger partial charge is 0.473 e. The van der Waals surface area contributed by atoms with Crippen LogP contribution in [0.3, 0.4) is 0 Å². The summed E-state index contributed by atoms with van der Waals surface area (Å²) in [5, 5.41) is 20.9. The molecule has 0 heterocycles. The molecule has 0 bridgehead atoms. The van der Waals surface area contributed by atoms with Crippen LogP contribution in [0.25, 0.3) is 0 Å². The first-order valence-corrected chi connectivity index (χ1v) is 6.99. The van der Waals surface area contributed by atoms with Crippen molar-refractivity contribution in [3.63, 3.8) is 0 Å². The maximum atomic E-state index is 11.3. The van der Waals surface area contributed by atoms with Crippen LogP contribution >= 0.6 is 0 Å². The fourth-order valence-electron chi connectivity index (χ4n) is 1.59. The average molecular weight is 308 g/mol. The predicted molar refractivity (Wildman–Crippen MR) is 79.5 cm³/mol. The van der Waals surface area contributed by atoms with Gasteiger partial charge in [0.05, 0.1) is 6.54 Å². The van der Waals surface area contributed by atoms with E-state index in [1.807, 2.05) is 18.2 Å². The van der Waals surface area contributed by atoms with Crippen LogP contribution in [0.2, 0.25) is 0 Å². The lowest BCUT2D eigenvalue weighted by Crippen LogP contribution is -2.35. The minimum atomic E-state index is -1.82. The second-order valence-corrected chi connectivity index (χ2v) is 4.86. The molecule has 2 rings (SSSR count). The number of hydrogen-bond donors (Lipinski definition) is 4. The van der Waals surface area contributed by atoms with Crippen LogP contribution in [-0.4, -0.2) is 47.2 Å². The second kappa shape index (κ2) is 9.51. The Kier molecular flexibility index (Phi) is 7.63. The topological polar surface area (TPSA) is 116 Å². The van der Waals surface area contributed by atoms with Gasteiger partial charge in [0.15, 0.2) is 0 Å². The molecule has 1 aromatic carbocycles. The van der Waals surface area contributed by atoms with Crippen LogP contribution in [0.1, 0.15) is 18.4 Å². The molecule has 0 aromatic heterocycles. The Bertz CT molecular complexity index is 488. The highest BCUT2D eigenvalue weighted by atomic mass is 16.4. The van der Waals surface area contributed by atoms with E-state index in [9.17, 15) is 4.79 Å².